The number of rotatable bonds is 2. The van der Waals surface area contributed by atoms with E-state index in [0.717, 1.165) is 18.5 Å². The summed E-state index contributed by atoms with van der Waals surface area (Å²) in [5, 5.41) is 0. The number of aromatic nitrogens is 1. The Labute approximate surface area is 89.5 Å². The molecule has 0 aromatic carbocycles. The molecule has 1 saturated carbocycles. The molecule has 0 saturated heterocycles. The van der Waals surface area contributed by atoms with Crippen LogP contribution in [0.15, 0.2) is 12.1 Å². The zero-order valence-corrected chi connectivity index (χ0v) is 9.38. The second kappa shape index (κ2) is 3.47. The molecule has 0 bridgehead atoms. The first-order chi connectivity index (χ1) is 6.95. The first kappa shape index (κ1) is 10.4. The lowest BCUT2D eigenvalue weighted by atomic mass is 9.91. The molecular formula is C12H16FNO. The van der Waals surface area contributed by atoms with Crippen molar-refractivity contribution in [3.63, 3.8) is 0 Å². The van der Waals surface area contributed by atoms with Gasteiger partial charge in [0, 0.05) is 17.5 Å². The van der Waals surface area contributed by atoms with Crippen molar-refractivity contribution in [1.29, 1.82) is 0 Å². The van der Waals surface area contributed by atoms with Crippen LogP contribution in [0, 0.1) is 5.95 Å². The van der Waals surface area contributed by atoms with Gasteiger partial charge >= 0.3 is 0 Å². The fraction of sp³-hybridized carbons (Fsp3) is 0.583. The van der Waals surface area contributed by atoms with Gasteiger partial charge in [-0.15, -0.1) is 0 Å². The van der Waals surface area contributed by atoms with E-state index in [1.165, 1.54) is 6.07 Å². The molecule has 1 aliphatic rings. The molecule has 1 aromatic rings. The molecule has 1 aromatic heterocycles. The van der Waals surface area contributed by atoms with Gasteiger partial charge in [0.2, 0.25) is 5.95 Å². The maximum absolute atomic E-state index is 13.2. The topological polar surface area (TPSA) is 22.1 Å². The summed E-state index contributed by atoms with van der Waals surface area (Å²) in [4.78, 5) is 3.89. The van der Waals surface area contributed by atoms with E-state index in [0.29, 0.717) is 11.9 Å². The standard InChI is InChI=1S/C12H16FNO/c1-12(2,3)10-6-9(7-11(13)14-10)15-8-4-5-8/h6-8H,4-5H2,1-3H3. The van der Waals surface area contributed by atoms with Gasteiger partial charge < -0.3 is 4.74 Å². The molecule has 1 heterocycles. The van der Waals surface area contributed by atoms with Gasteiger partial charge in [0.15, 0.2) is 0 Å². The minimum absolute atomic E-state index is 0.149. The van der Waals surface area contributed by atoms with Gasteiger partial charge in [-0.25, -0.2) is 4.98 Å². The molecule has 82 valence electrons. The molecule has 1 aliphatic carbocycles. The van der Waals surface area contributed by atoms with Crippen molar-refractivity contribution in [2.45, 2.75) is 45.1 Å². The lowest BCUT2D eigenvalue weighted by Gasteiger charge is -2.18. The third-order valence-electron chi connectivity index (χ3n) is 2.36. The van der Waals surface area contributed by atoms with Crippen LogP contribution < -0.4 is 4.74 Å². The third kappa shape index (κ3) is 2.67. The minimum Gasteiger partial charge on any atom is -0.490 e. The maximum Gasteiger partial charge on any atom is 0.216 e. The Morgan fingerprint density at radius 1 is 1.33 bits per heavy atom. The molecule has 0 radical (unpaired) electrons. The zero-order chi connectivity index (χ0) is 11.1. The van der Waals surface area contributed by atoms with Crippen LogP contribution in [0.25, 0.3) is 0 Å². The first-order valence-electron chi connectivity index (χ1n) is 5.30. The van der Waals surface area contributed by atoms with Crippen molar-refractivity contribution in [2.75, 3.05) is 0 Å². The van der Waals surface area contributed by atoms with Gasteiger partial charge in [0.05, 0.1) is 11.8 Å². The third-order valence-corrected chi connectivity index (χ3v) is 2.36. The molecule has 0 unspecified atom stereocenters. The number of hydrogen-bond acceptors (Lipinski definition) is 2. The molecule has 0 spiro atoms. The SMILES string of the molecule is CC(C)(C)c1cc(OC2CC2)cc(F)n1. The fourth-order valence-corrected chi connectivity index (χ4v) is 1.30. The average molecular weight is 209 g/mol. The molecule has 0 atom stereocenters. The van der Waals surface area contributed by atoms with E-state index < -0.39 is 5.95 Å². The fourth-order valence-electron chi connectivity index (χ4n) is 1.30. The largest absolute Gasteiger partial charge is 0.490 e. The highest BCUT2D eigenvalue weighted by atomic mass is 19.1. The van der Waals surface area contributed by atoms with Gasteiger partial charge in [0.1, 0.15) is 5.75 Å². The van der Waals surface area contributed by atoms with Crippen molar-refractivity contribution in [2.24, 2.45) is 0 Å². The smallest absolute Gasteiger partial charge is 0.216 e. The Balaban J connectivity index is 2.27. The van der Waals surface area contributed by atoms with Crippen LogP contribution in [0.2, 0.25) is 0 Å². The van der Waals surface area contributed by atoms with E-state index in [2.05, 4.69) is 4.98 Å². The minimum atomic E-state index is -0.460. The Bertz CT molecular complexity index is 366. The van der Waals surface area contributed by atoms with E-state index in [9.17, 15) is 4.39 Å². The number of pyridine rings is 1. The number of ether oxygens (including phenoxy) is 1. The van der Waals surface area contributed by atoms with Crippen molar-refractivity contribution < 1.29 is 9.13 Å². The van der Waals surface area contributed by atoms with Crippen molar-refractivity contribution >= 4 is 0 Å². The van der Waals surface area contributed by atoms with Crippen LogP contribution in [0.5, 0.6) is 5.75 Å². The van der Waals surface area contributed by atoms with E-state index in [4.69, 9.17) is 4.74 Å². The zero-order valence-electron chi connectivity index (χ0n) is 9.38. The lowest BCUT2D eigenvalue weighted by Crippen LogP contribution is -2.14. The Kier molecular flexibility index (Phi) is 2.41. The highest BCUT2D eigenvalue weighted by molar-refractivity contribution is 5.27. The molecule has 0 aliphatic heterocycles. The van der Waals surface area contributed by atoms with Crippen LogP contribution in [0.4, 0.5) is 4.39 Å². The summed E-state index contributed by atoms with van der Waals surface area (Å²) >= 11 is 0. The molecule has 1 fully saturated rings. The summed E-state index contributed by atoms with van der Waals surface area (Å²) in [5.74, 6) is 0.146. The lowest BCUT2D eigenvalue weighted by molar-refractivity contribution is 0.299. The molecule has 0 amide bonds. The highest BCUT2D eigenvalue weighted by Crippen LogP contribution is 2.29. The van der Waals surface area contributed by atoms with Gasteiger partial charge in [-0.2, -0.15) is 4.39 Å². The second-order valence-corrected chi connectivity index (χ2v) is 5.08. The second-order valence-electron chi connectivity index (χ2n) is 5.08. The average Bonchev–Trinajstić information content (AvgIpc) is 2.85. The van der Waals surface area contributed by atoms with Crippen LogP contribution in [-0.4, -0.2) is 11.1 Å². The predicted octanol–water partition coefficient (Wildman–Crippen LogP) is 3.06. The number of halogens is 1. The molecular weight excluding hydrogens is 193 g/mol. The van der Waals surface area contributed by atoms with E-state index in [1.54, 1.807) is 0 Å². The first-order valence-corrected chi connectivity index (χ1v) is 5.30. The van der Waals surface area contributed by atoms with Gasteiger partial charge in [-0.05, 0) is 12.8 Å². The molecule has 2 rings (SSSR count). The Morgan fingerprint density at radius 3 is 2.53 bits per heavy atom. The summed E-state index contributed by atoms with van der Waals surface area (Å²) < 4.78 is 18.8. The van der Waals surface area contributed by atoms with E-state index in [1.807, 2.05) is 26.8 Å². The van der Waals surface area contributed by atoms with E-state index in [-0.39, 0.29) is 5.41 Å². The van der Waals surface area contributed by atoms with Gasteiger partial charge in [-0.3, -0.25) is 0 Å². The quantitative estimate of drug-likeness (QED) is 0.698. The van der Waals surface area contributed by atoms with Gasteiger partial charge in [-0.1, -0.05) is 20.8 Å². The Hall–Kier alpha value is -1.12. The molecule has 3 heteroatoms. The van der Waals surface area contributed by atoms with Crippen LogP contribution >= 0.6 is 0 Å². The van der Waals surface area contributed by atoms with Crippen molar-refractivity contribution in [3.05, 3.63) is 23.8 Å². The predicted molar refractivity (Wildman–Crippen MR) is 56.5 cm³/mol. The van der Waals surface area contributed by atoms with Crippen LogP contribution in [-0.2, 0) is 5.41 Å². The summed E-state index contributed by atoms with van der Waals surface area (Å²) in [6.45, 7) is 6.03. The van der Waals surface area contributed by atoms with E-state index >= 15 is 0 Å². The Morgan fingerprint density at radius 2 is 2.00 bits per heavy atom. The normalized spacial score (nSPS) is 16.5. The van der Waals surface area contributed by atoms with Crippen LogP contribution in [0.3, 0.4) is 0 Å². The summed E-state index contributed by atoms with van der Waals surface area (Å²) in [6.07, 6.45) is 2.45. The summed E-state index contributed by atoms with van der Waals surface area (Å²) in [7, 11) is 0. The summed E-state index contributed by atoms with van der Waals surface area (Å²) in [6, 6.07) is 3.19. The maximum atomic E-state index is 13.2. The highest BCUT2D eigenvalue weighted by Gasteiger charge is 2.25. The van der Waals surface area contributed by atoms with Crippen molar-refractivity contribution in [3.8, 4) is 5.75 Å². The monoisotopic (exact) mass is 209 g/mol. The summed E-state index contributed by atoms with van der Waals surface area (Å²) in [5.41, 5.74) is 0.585. The molecule has 2 nitrogen and oxygen atoms in total. The van der Waals surface area contributed by atoms with Gasteiger partial charge in [0.25, 0.3) is 0 Å². The molecule has 0 N–H and O–H groups in total. The number of nitrogens with zero attached hydrogens (tertiary/aromatic N) is 1. The van der Waals surface area contributed by atoms with Crippen molar-refractivity contribution in [1.82, 2.24) is 4.98 Å². The molecule has 15 heavy (non-hydrogen) atoms. The van der Waals surface area contributed by atoms with Crippen LogP contribution in [0.1, 0.15) is 39.3 Å². The number of hydrogen-bond donors (Lipinski definition) is 0.